The van der Waals surface area contributed by atoms with Crippen LogP contribution in [-0.4, -0.2) is 31.9 Å². The van der Waals surface area contributed by atoms with Crippen LogP contribution in [0.3, 0.4) is 0 Å². The van der Waals surface area contributed by atoms with Gasteiger partial charge in [-0.2, -0.15) is 4.31 Å². The number of morpholine rings is 1. The van der Waals surface area contributed by atoms with Crippen molar-refractivity contribution in [2.45, 2.75) is 24.0 Å². The third-order valence-electron chi connectivity index (χ3n) is 4.26. The van der Waals surface area contributed by atoms with Crippen LogP contribution >= 0.6 is 11.6 Å². The van der Waals surface area contributed by atoms with Crippen LogP contribution in [0.5, 0.6) is 0 Å². The third kappa shape index (κ3) is 3.96. The Bertz CT molecular complexity index is 847. The summed E-state index contributed by atoms with van der Waals surface area (Å²) in [6, 6.07) is 14.1. The molecule has 132 valence electrons. The topological polar surface area (TPSA) is 46.6 Å². The maximum atomic E-state index is 13.0. The molecule has 0 N–H and O–H groups in total. The SMILES string of the molecule is C=C[C@H]1CN(S(=O)(=O)c2ccc(C)cc2)C[C@@H](c2ccc(Cl)cc2)O1. The molecule has 0 unspecified atom stereocenters. The first-order valence-corrected chi connectivity index (χ1v) is 9.82. The number of nitrogens with zero attached hydrogens (tertiary/aromatic N) is 1. The van der Waals surface area contributed by atoms with E-state index < -0.39 is 10.0 Å². The molecule has 0 bridgehead atoms. The van der Waals surface area contributed by atoms with E-state index in [0.717, 1.165) is 11.1 Å². The van der Waals surface area contributed by atoms with Crippen LogP contribution in [0.1, 0.15) is 17.2 Å². The van der Waals surface area contributed by atoms with Gasteiger partial charge in [0.05, 0.1) is 17.1 Å². The van der Waals surface area contributed by atoms with E-state index in [1.54, 1.807) is 42.5 Å². The molecule has 4 nitrogen and oxygen atoms in total. The molecule has 25 heavy (non-hydrogen) atoms. The largest absolute Gasteiger partial charge is 0.363 e. The Hall–Kier alpha value is -1.66. The van der Waals surface area contributed by atoms with Gasteiger partial charge in [-0.15, -0.1) is 6.58 Å². The minimum atomic E-state index is -3.59. The zero-order valence-electron chi connectivity index (χ0n) is 13.9. The number of benzene rings is 2. The Morgan fingerprint density at radius 1 is 1.12 bits per heavy atom. The van der Waals surface area contributed by atoms with Crippen molar-refractivity contribution in [1.29, 1.82) is 0 Å². The van der Waals surface area contributed by atoms with Gasteiger partial charge >= 0.3 is 0 Å². The van der Waals surface area contributed by atoms with Gasteiger partial charge in [-0.05, 0) is 36.8 Å². The Labute approximate surface area is 153 Å². The van der Waals surface area contributed by atoms with Crippen LogP contribution in [0.2, 0.25) is 5.02 Å². The lowest BCUT2D eigenvalue weighted by Crippen LogP contribution is -2.46. The quantitative estimate of drug-likeness (QED) is 0.757. The van der Waals surface area contributed by atoms with Gasteiger partial charge in [-0.3, -0.25) is 0 Å². The summed E-state index contributed by atoms with van der Waals surface area (Å²) in [5, 5.41) is 0.629. The highest BCUT2D eigenvalue weighted by molar-refractivity contribution is 7.89. The fourth-order valence-corrected chi connectivity index (χ4v) is 4.38. The van der Waals surface area contributed by atoms with Gasteiger partial charge < -0.3 is 4.74 Å². The molecule has 2 aromatic rings. The zero-order chi connectivity index (χ0) is 18.0. The number of rotatable bonds is 4. The summed E-state index contributed by atoms with van der Waals surface area (Å²) in [5.41, 5.74) is 1.91. The van der Waals surface area contributed by atoms with Crippen LogP contribution in [0, 0.1) is 6.92 Å². The summed E-state index contributed by atoms with van der Waals surface area (Å²) < 4.78 is 33.5. The molecular weight excluding hydrogens is 358 g/mol. The molecule has 1 fully saturated rings. The Kier molecular flexibility index (Phi) is 5.29. The maximum absolute atomic E-state index is 13.0. The second-order valence-electron chi connectivity index (χ2n) is 6.09. The van der Waals surface area contributed by atoms with Crippen LogP contribution < -0.4 is 0 Å². The maximum Gasteiger partial charge on any atom is 0.243 e. The molecule has 2 aromatic carbocycles. The fraction of sp³-hybridized carbons (Fsp3) is 0.263. The molecule has 0 aromatic heterocycles. The number of halogens is 1. The monoisotopic (exact) mass is 377 g/mol. The van der Waals surface area contributed by atoms with E-state index in [4.69, 9.17) is 16.3 Å². The summed E-state index contributed by atoms with van der Waals surface area (Å²) in [6.07, 6.45) is 0.906. The zero-order valence-corrected chi connectivity index (χ0v) is 15.5. The summed E-state index contributed by atoms with van der Waals surface area (Å²) in [4.78, 5) is 0.290. The predicted octanol–water partition coefficient (Wildman–Crippen LogP) is 3.97. The molecule has 1 heterocycles. The van der Waals surface area contributed by atoms with Crippen molar-refractivity contribution in [2.75, 3.05) is 13.1 Å². The normalized spacial score (nSPS) is 21.8. The lowest BCUT2D eigenvalue weighted by Gasteiger charge is -2.36. The first-order chi connectivity index (χ1) is 11.9. The number of sulfonamides is 1. The Balaban J connectivity index is 1.90. The molecule has 0 aliphatic carbocycles. The van der Waals surface area contributed by atoms with Crippen LogP contribution in [0.4, 0.5) is 0 Å². The number of hydrogen-bond donors (Lipinski definition) is 0. The Morgan fingerprint density at radius 3 is 2.36 bits per heavy atom. The van der Waals surface area contributed by atoms with Crippen molar-refractivity contribution in [3.8, 4) is 0 Å². The average molecular weight is 378 g/mol. The highest BCUT2D eigenvalue weighted by atomic mass is 35.5. The molecule has 0 amide bonds. The summed E-state index contributed by atoms with van der Waals surface area (Å²) in [6.45, 7) is 6.19. The van der Waals surface area contributed by atoms with E-state index in [-0.39, 0.29) is 30.2 Å². The molecule has 3 rings (SSSR count). The Morgan fingerprint density at radius 2 is 1.76 bits per heavy atom. The smallest absolute Gasteiger partial charge is 0.243 e. The summed E-state index contributed by atoms with van der Waals surface area (Å²) in [5.74, 6) is 0. The molecule has 0 radical (unpaired) electrons. The second-order valence-corrected chi connectivity index (χ2v) is 8.46. The van der Waals surface area contributed by atoms with Crippen LogP contribution in [-0.2, 0) is 14.8 Å². The van der Waals surface area contributed by atoms with E-state index in [2.05, 4.69) is 6.58 Å². The molecule has 6 heteroatoms. The minimum absolute atomic E-state index is 0.252. The second kappa shape index (κ2) is 7.30. The molecule has 0 spiro atoms. The van der Waals surface area contributed by atoms with Gasteiger partial charge in [0.25, 0.3) is 0 Å². The molecule has 2 atom stereocenters. The van der Waals surface area contributed by atoms with E-state index in [1.165, 1.54) is 4.31 Å². The lowest BCUT2D eigenvalue weighted by atomic mass is 10.1. The van der Waals surface area contributed by atoms with E-state index in [0.29, 0.717) is 5.02 Å². The first kappa shape index (κ1) is 18.1. The van der Waals surface area contributed by atoms with E-state index >= 15 is 0 Å². The van der Waals surface area contributed by atoms with Gasteiger partial charge in [0.15, 0.2) is 0 Å². The van der Waals surface area contributed by atoms with Gasteiger partial charge in [-0.25, -0.2) is 8.42 Å². The van der Waals surface area contributed by atoms with Crippen molar-refractivity contribution in [1.82, 2.24) is 4.31 Å². The van der Waals surface area contributed by atoms with Crippen molar-refractivity contribution < 1.29 is 13.2 Å². The number of hydrogen-bond acceptors (Lipinski definition) is 3. The van der Waals surface area contributed by atoms with Gasteiger partial charge in [-0.1, -0.05) is 47.5 Å². The van der Waals surface area contributed by atoms with Gasteiger partial charge in [0.2, 0.25) is 10.0 Å². The summed E-state index contributed by atoms with van der Waals surface area (Å²) in [7, 11) is -3.59. The highest BCUT2D eigenvalue weighted by Crippen LogP contribution is 2.30. The molecule has 1 saturated heterocycles. The van der Waals surface area contributed by atoms with E-state index in [9.17, 15) is 8.42 Å². The fourth-order valence-electron chi connectivity index (χ4n) is 2.80. The van der Waals surface area contributed by atoms with Crippen molar-refractivity contribution in [3.63, 3.8) is 0 Å². The van der Waals surface area contributed by atoms with Crippen LogP contribution in [0.25, 0.3) is 0 Å². The molecule has 0 saturated carbocycles. The van der Waals surface area contributed by atoms with Gasteiger partial charge in [0, 0.05) is 18.1 Å². The summed E-state index contributed by atoms with van der Waals surface area (Å²) >= 11 is 5.94. The molecular formula is C19H20ClNO3S. The standard InChI is InChI=1S/C19H20ClNO3S/c1-3-17-12-21(25(22,23)18-10-4-14(2)5-11-18)13-19(24-17)15-6-8-16(20)9-7-15/h3-11,17,19H,1,12-13H2,2H3/t17-,19-/m0/s1. The van der Waals surface area contributed by atoms with Gasteiger partial charge in [0.1, 0.15) is 0 Å². The number of aryl methyl sites for hydroxylation is 1. The van der Waals surface area contributed by atoms with Crippen molar-refractivity contribution in [2.24, 2.45) is 0 Å². The first-order valence-electron chi connectivity index (χ1n) is 8.00. The molecule has 1 aliphatic rings. The van der Waals surface area contributed by atoms with Crippen molar-refractivity contribution in [3.05, 3.63) is 77.3 Å². The number of ether oxygens (including phenoxy) is 1. The van der Waals surface area contributed by atoms with Crippen LogP contribution in [0.15, 0.2) is 66.1 Å². The van der Waals surface area contributed by atoms with E-state index in [1.807, 2.05) is 19.1 Å². The van der Waals surface area contributed by atoms with Crippen molar-refractivity contribution >= 4 is 21.6 Å². The average Bonchev–Trinajstić information content (AvgIpc) is 2.62. The highest BCUT2D eigenvalue weighted by Gasteiger charge is 2.35. The minimum Gasteiger partial charge on any atom is -0.363 e. The predicted molar refractivity (Wildman–Crippen MR) is 99.2 cm³/mol. The third-order valence-corrected chi connectivity index (χ3v) is 6.35. The lowest BCUT2D eigenvalue weighted by molar-refractivity contribution is -0.0416. The molecule has 1 aliphatic heterocycles.